The van der Waals surface area contributed by atoms with Crippen LogP contribution in [-0.2, 0) is 11.3 Å². The Hall–Kier alpha value is -1.43. The van der Waals surface area contributed by atoms with E-state index < -0.39 is 6.10 Å². The largest absolute Gasteiger partial charge is 0.388 e. The number of carbonyl (C=O) groups excluding carboxylic acids is 1. The van der Waals surface area contributed by atoms with E-state index in [1.54, 1.807) is 29.8 Å². The molecule has 1 amide bonds. The number of amides is 1. The van der Waals surface area contributed by atoms with Crippen LogP contribution in [0, 0.1) is 6.92 Å². The monoisotopic (exact) mass is 310 g/mol. The number of benzene rings is 1. The van der Waals surface area contributed by atoms with E-state index in [9.17, 15) is 9.90 Å². The molecule has 0 aliphatic carbocycles. The van der Waals surface area contributed by atoms with E-state index in [4.69, 9.17) is 11.6 Å². The molecule has 0 spiro atoms. The Bertz CT molecular complexity index is 583. The van der Waals surface area contributed by atoms with Crippen LogP contribution in [0.25, 0.3) is 0 Å². The van der Waals surface area contributed by atoms with Gasteiger partial charge in [-0.05, 0) is 24.6 Å². The summed E-state index contributed by atoms with van der Waals surface area (Å²) in [5.74, 6) is -0.194. The highest BCUT2D eigenvalue weighted by molar-refractivity contribution is 7.09. The van der Waals surface area contributed by atoms with Crippen LogP contribution in [0.4, 0.5) is 0 Å². The van der Waals surface area contributed by atoms with Gasteiger partial charge in [0, 0.05) is 9.90 Å². The van der Waals surface area contributed by atoms with Crippen molar-refractivity contribution in [2.45, 2.75) is 26.0 Å². The van der Waals surface area contributed by atoms with Gasteiger partial charge in [-0.1, -0.05) is 23.7 Å². The second-order valence-electron chi connectivity index (χ2n) is 4.41. The van der Waals surface area contributed by atoms with E-state index in [0.717, 1.165) is 10.6 Å². The molecule has 2 aromatic rings. The zero-order chi connectivity index (χ0) is 14.5. The molecule has 0 saturated heterocycles. The van der Waals surface area contributed by atoms with Gasteiger partial charge in [-0.2, -0.15) is 0 Å². The third kappa shape index (κ3) is 4.03. The van der Waals surface area contributed by atoms with Gasteiger partial charge in [0.25, 0.3) is 0 Å². The van der Waals surface area contributed by atoms with Crippen molar-refractivity contribution in [3.05, 3.63) is 50.9 Å². The number of halogens is 1. The van der Waals surface area contributed by atoms with E-state index in [1.165, 1.54) is 11.3 Å². The number of aliphatic hydroxyl groups excluding tert-OH is 1. The Labute approximate surface area is 126 Å². The maximum atomic E-state index is 11.8. The van der Waals surface area contributed by atoms with Gasteiger partial charge in [0.2, 0.25) is 5.91 Å². The molecule has 1 aromatic heterocycles. The highest BCUT2D eigenvalue weighted by Crippen LogP contribution is 2.19. The van der Waals surface area contributed by atoms with Crippen LogP contribution in [0.2, 0.25) is 5.02 Å². The lowest BCUT2D eigenvalue weighted by molar-refractivity contribution is -0.123. The van der Waals surface area contributed by atoms with Crippen molar-refractivity contribution in [2.75, 3.05) is 0 Å². The summed E-state index contributed by atoms with van der Waals surface area (Å²) in [6.45, 7) is 2.35. The molecule has 0 fully saturated rings. The van der Waals surface area contributed by atoms with Crippen LogP contribution in [0.15, 0.2) is 29.8 Å². The first-order valence-corrected chi connectivity index (χ1v) is 7.41. The summed E-state index contributed by atoms with van der Waals surface area (Å²) in [7, 11) is 0. The van der Waals surface area contributed by atoms with Gasteiger partial charge in [-0.25, -0.2) is 4.98 Å². The third-order valence-electron chi connectivity index (χ3n) is 2.92. The fraction of sp³-hybridized carbons (Fsp3) is 0.286. The number of aromatic nitrogens is 1. The first kappa shape index (κ1) is 15.0. The Morgan fingerprint density at radius 1 is 1.45 bits per heavy atom. The molecule has 0 aliphatic rings. The first-order chi connectivity index (χ1) is 9.56. The minimum atomic E-state index is -0.824. The topological polar surface area (TPSA) is 62.2 Å². The Morgan fingerprint density at radius 2 is 2.15 bits per heavy atom. The SMILES string of the molecule is Cc1ncsc1CNC(=O)CC(O)c1ccc(Cl)cc1. The van der Waals surface area contributed by atoms with Gasteiger partial charge in [0.15, 0.2) is 0 Å². The average Bonchev–Trinajstić information content (AvgIpc) is 2.82. The van der Waals surface area contributed by atoms with Gasteiger partial charge in [0.1, 0.15) is 0 Å². The van der Waals surface area contributed by atoms with Crippen molar-refractivity contribution < 1.29 is 9.90 Å². The molecule has 106 valence electrons. The molecule has 1 atom stereocenters. The number of hydrogen-bond donors (Lipinski definition) is 2. The average molecular weight is 311 g/mol. The normalized spacial score (nSPS) is 12.2. The predicted molar refractivity (Wildman–Crippen MR) is 79.7 cm³/mol. The molecule has 2 rings (SSSR count). The fourth-order valence-electron chi connectivity index (χ4n) is 1.73. The number of aliphatic hydroxyl groups is 1. The molecule has 1 aromatic carbocycles. The zero-order valence-corrected chi connectivity index (χ0v) is 12.5. The first-order valence-electron chi connectivity index (χ1n) is 6.15. The Balaban J connectivity index is 1.85. The molecule has 20 heavy (non-hydrogen) atoms. The minimum absolute atomic E-state index is 0.0273. The smallest absolute Gasteiger partial charge is 0.223 e. The molecule has 2 N–H and O–H groups in total. The van der Waals surface area contributed by atoms with Gasteiger partial charge >= 0.3 is 0 Å². The van der Waals surface area contributed by atoms with Crippen molar-refractivity contribution in [1.29, 1.82) is 0 Å². The van der Waals surface area contributed by atoms with Gasteiger partial charge in [-0.3, -0.25) is 4.79 Å². The summed E-state index contributed by atoms with van der Waals surface area (Å²) < 4.78 is 0. The van der Waals surface area contributed by atoms with E-state index in [-0.39, 0.29) is 12.3 Å². The van der Waals surface area contributed by atoms with Crippen molar-refractivity contribution in [1.82, 2.24) is 10.3 Å². The molecule has 0 aliphatic heterocycles. The number of rotatable bonds is 5. The Morgan fingerprint density at radius 3 is 2.75 bits per heavy atom. The fourth-order valence-corrected chi connectivity index (χ4v) is 2.57. The van der Waals surface area contributed by atoms with E-state index in [0.29, 0.717) is 17.1 Å². The maximum absolute atomic E-state index is 11.8. The second kappa shape index (κ2) is 6.83. The number of nitrogens with one attached hydrogen (secondary N) is 1. The van der Waals surface area contributed by atoms with E-state index >= 15 is 0 Å². The van der Waals surface area contributed by atoms with E-state index in [1.807, 2.05) is 6.92 Å². The molecule has 0 bridgehead atoms. The quantitative estimate of drug-likeness (QED) is 0.892. The number of nitrogens with zero attached hydrogens (tertiary/aromatic N) is 1. The molecule has 0 saturated carbocycles. The summed E-state index contributed by atoms with van der Waals surface area (Å²) in [5.41, 5.74) is 3.35. The third-order valence-corrected chi connectivity index (χ3v) is 4.11. The molecule has 1 heterocycles. The maximum Gasteiger partial charge on any atom is 0.223 e. The lowest BCUT2D eigenvalue weighted by atomic mass is 10.1. The summed E-state index contributed by atoms with van der Waals surface area (Å²) in [4.78, 5) is 16.9. The molecule has 6 heteroatoms. The van der Waals surface area contributed by atoms with Crippen LogP contribution < -0.4 is 5.32 Å². The number of hydrogen-bond acceptors (Lipinski definition) is 4. The molecule has 0 radical (unpaired) electrons. The summed E-state index contributed by atoms with van der Waals surface area (Å²) in [6.07, 6.45) is -0.797. The standard InChI is InChI=1S/C14H15ClN2O2S/c1-9-13(20-8-17-9)7-16-14(19)6-12(18)10-2-4-11(15)5-3-10/h2-5,8,12,18H,6-7H2,1H3,(H,16,19). The van der Waals surface area contributed by atoms with Crippen molar-refractivity contribution >= 4 is 28.8 Å². The summed E-state index contributed by atoms with van der Waals surface area (Å²) >= 11 is 7.28. The van der Waals surface area contributed by atoms with Crippen LogP contribution in [0.5, 0.6) is 0 Å². The minimum Gasteiger partial charge on any atom is -0.388 e. The predicted octanol–water partition coefficient (Wildman–Crippen LogP) is 2.84. The van der Waals surface area contributed by atoms with Gasteiger partial charge in [-0.15, -0.1) is 11.3 Å². The second-order valence-corrected chi connectivity index (χ2v) is 5.78. The number of thiazole rings is 1. The lowest BCUT2D eigenvalue weighted by Gasteiger charge is -2.11. The van der Waals surface area contributed by atoms with Gasteiger partial charge < -0.3 is 10.4 Å². The van der Waals surface area contributed by atoms with Crippen LogP contribution in [-0.4, -0.2) is 16.0 Å². The Kier molecular flexibility index (Phi) is 5.11. The van der Waals surface area contributed by atoms with Crippen LogP contribution in [0.3, 0.4) is 0 Å². The molecular weight excluding hydrogens is 296 g/mol. The number of aryl methyl sites for hydroxylation is 1. The number of carbonyl (C=O) groups is 1. The molecule has 4 nitrogen and oxygen atoms in total. The van der Waals surface area contributed by atoms with Gasteiger partial charge in [0.05, 0.1) is 30.3 Å². The highest BCUT2D eigenvalue weighted by atomic mass is 35.5. The van der Waals surface area contributed by atoms with Crippen molar-refractivity contribution in [2.24, 2.45) is 0 Å². The van der Waals surface area contributed by atoms with Crippen LogP contribution >= 0.6 is 22.9 Å². The molecule has 1 unspecified atom stereocenters. The molecular formula is C14H15ClN2O2S. The lowest BCUT2D eigenvalue weighted by Crippen LogP contribution is -2.24. The van der Waals surface area contributed by atoms with Crippen molar-refractivity contribution in [3.8, 4) is 0 Å². The van der Waals surface area contributed by atoms with Crippen LogP contribution in [0.1, 0.15) is 28.7 Å². The van der Waals surface area contributed by atoms with Crippen molar-refractivity contribution in [3.63, 3.8) is 0 Å². The highest BCUT2D eigenvalue weighted by Gasteiger charge is 2.13. The van der Waals surface area contributed by atoms with E-state index in [2.05, 4.69) is 10.3 Å². The summed E-state index contributed by atoms with van der Waals surface area (Å²) in [5, 5.41) is 13.4. The summed E-state index contributed by atoms with van der Waals surface area (Å²) in [6, 6.07) is 6.82. The zero-order valence-electron chi connectivity index (χ0n) is 11.0.